The van der Waals surface area contributed by atoms with Crippen molar-refractivity contribution in [2.24, 2.45) is 0 Å². The van der Waals surface area contributed by atoms with Gasteiger partial charge in [0.05, 0.1) is 17.9 Å². The Labute approximate surface area is 134 Å². The maximum Gasteiger partial charge on any atom is 0.405 e. The molecule has 0 bridgehead atoms. The van der Waals surface area contributed by atoms with E-state index in [1.807, 2.05) is 60.7 Å². The maximum atomic E-state index is 12.2. The first kappa shape index (κ1) is 15.1. The summed E-state index contributed by atoms with van der Waals surface area (Å²) in [7, 11) is 0. The molecule has 0 saturated carbocycles. The monoisotopic (exact) mass is 311 g/mol. The van der Waals surface area contributed by atoms with Crippen molar-refractivity contribution in [1.29, 1.82) is 0 Å². The van der Waals surface area contributed by atoms with Crippen LogP contribution >= 0.6 is 0 Å². The highest BCUT2D eigenvalue weighted by atomic mass is 16.9. The quantitative estimate of drug-likeness (QED) is 0.643. The lowest BCUT2D eigenvalue weighted by Gasteiger charge is -2.30. The second-order valence-electron chi connectivity index (χ2n) is 5.25. The fraction of sp³-hybridized carbons (Fsp3) is 0.222. The minimum absolute atomic E-state index is 0.0282. The Morgan fingerprint density at radius 1 is 1.13 bits per heavy atom. The second kappa shape index (κ2) is 6.12. The molecule has 0 aliphatic carbocycles. The normalized spacial score (nSPS) is 16.0. The Kier molecular flexibility index (Phi) is 4.02. The van der Waals surface area contributed by atoms with Crippen LogP contribution in [0.2, 0.25) is 0 Å². The van der Waals surface area contributed by atoms with E-state index in [2.05, 4.69) is 0 Å². The highest BCUT2D eigenvalue weighted by Gasteiger charge is 2.48. The largest absolute Gasteiger partial charge is 0.458 e. The van der Waals surface area contributed by atoms with Crippen molar-refractivity contribution in [3.8, 4) is 0 Å². The van der Waals surface area contributed by atoms with Gasteiger partial charge in [0.2, 0.25) is 0 Å². The molecule has 0 unspecified atom stereocenters. The number of benzene rings is 2. The van der Waals surface area contributed by atoms with E-state index in [1.165, 1.54) is 0 Å². The molecule has 0 atom stereocenters. The van der Waals surface area contributed by atoms with Crippen molar-refractivity contribution in [1.82, 2.24) is 0 Å². The third-order valence-electron chi connectivity index (χ3n) is 3.87. The summed E-state index contributed by atoms with van der Waals surface area (Å²) in [5, 5.41) is 12.2. The predicted molar refractivity (Wildman–Crippen MR) is 84.6 cm³/mol. The lowest BCUT2D eigenvalue weighted by atomic mass is 9.82. The lowest BCUT2D eigenvalue weighted by molar-refractivity contribution is -0.752. The van der Waals surface area contributed by atoms with E-state index in [0.717, 1.165) is 11.1 Å². The Balaban J connectivity index is 2.06. The number of hydrogen-bond donors (Lipinski definition) is 0. The van der Waals surface area contributed by atoms with Gasteiger partial charge in [-0.05, 0) is 18.1 Å². The van der Waals surface area contributed by atoms with Gasteiger partial charge >= 0.3 is 11.7 Å². The first-order chi connectivity index (χ1) is 11.2. The van der Waals surface area contributed by atoms with Crippen LogP contribution in [-0.4, -0.2) is 23.2 Å². The van der Waals surface area contributed by atoms with Gasteiger partial charge in [-0.1, -0.05) is 60.7 Å². The average Bonchev–Trinajstić information content (AvgIpc) is 2.96. The van der Waals surface area contributed by atoms with Crippen LogP contribution in [0.15, 0.2) is 60.7 Å². The summed E-state index contributed by atoms with van der Waals surface area (Å²) < 4.78 is 4.96. The predicted octanol–water partition coefficient (Wildman–Crippen LogP) is 2.78. The molecule has 1 heterocycles. The standard InChI is InChI=1S/C18H17NO4/c1-2-22-17(20)16-13-18(23-19(16)21,14-9-5-3-6-10-14)15-11-7-4-8-12-15/h3-12H,2,13H2,1H3. The minimum atomic E-state index is -1.02. The summed E-state index contributed by atoms with van der Waals surface area (Å²) >= 11 is 0. The van der Waals surface area contributed by atoms with E-state index in [4.69, 9.17) is 9.57 Å². The number of esters is 1. The van der Waals surface area contributed by atoms with Crippen molar-refractivity contribution < 1.29 is 19.3 Å². The van der Waals surface area contributed by atoms with Gasteiger partial charge in [0.1, 0.15) is 5.60 Å². The molecule has 23 heavy (non-hydrogen) atoms. The summed E-state index contributed by atoms with van der Waals surface area (Å²) in [5.41, 5.74) is 0.573. The molecule has 5 nitrogen and oxygen atoms in total. The van der Waals surface area contributed by atoms with Crippen LogP contribution in [-0.2, 0) is 20.0 Å². The molecular formula is C18H17NO4. The van der Waals surface area contributed by atoms with Crippen LogP contribution in [0, 0.1) is 5.21 Å². The molecule has 2 aromatic rings. The van der Waals surface area contributed by atoms with Crippen LogP contribution < -0.4 is 0 Å². The molecule has 0 saturated heterocycles. The van der Waals surface area contributed by atoms with Gasteiger partial charge in [-0.15, -0.1) is 0 Å². The van der Waals surface area contributed by atoms with Gasteiger partial charge in [-0.2, -0.15) is 0 Å². The van der Waals surface area contributed by atoms with Crippen molar-refractivity contribution in [2.75, 3.05) is 6.61 Å². The van der Waals surface area contributed by atoms with Crippen LogP contribution in [0.4, 0.5) is 0 Å². The van der Waals surface area contributed by atoms with Crippen LogP contribution in [0.25, 0.3) is 0 Å². The number of nitrogens with zero attached hydrogens (tertiary/aromatic N) is 1. The van der Waals surface area contributed by atoms with Crippen molar-refractivity contribution >= 4 is 11.7 Å². The number of rotatable bonds is 4. The van der Waals surface area contributed by atoms with Gasteiger partial charge in [0.25, 0.3) is 0 Å². The van der Waals surface area contributed by atoms with Gasteiger partial charge in [-0.25, -0.2) is 4.79 Å². The SMILES string of the molecule is CCOC(=O)C1=[N+]([O-])OC(c2ccccc2)(c2ccccc2)C1. The molecular weight excluding hydrogens is 294 g/mol. The van der Waals surface area contributed by atoms with E-state index < -0.39 is 11.6 Å². The summed E-state index contributed by atoms with van der Waals surface area (Å²) in [5.74, 6) is -0.642. The van der Waals surface area contributed by atoms with Crippen molar-refractivity contribution in [2.45, 2.75) is 18.9 Å². The second-order valence-corrected chi connectivity index (χ2v) is 5.25. The van der Waals surface area contributed by atoms with Gasteiger partial charge in [-0.3, -0.25) is 5.21 Å². The zero-order chi connectivity index (χ0) is 16.3. The number of ether oxygens (including phenoxy) is 1. The molecule has 1 aliphatic rings. The highest BCUT2D eigenvalue weighted by Crippen LogP contribution is 2.40. The van der Waals surface area contributed by atoms with E-state index >= 15 is 0 Å². The Morgan fingerprint density at radius 2 is 1.65 bits per heavy atom. The fourth-order valence-electron chi connectivity index (χ4n) is 2.78. The van der Waals surface area contributed by atoms with Crippen LogP contribution in [0.1, 0.15) is 24.5 Å². The summed E-state index contributed by atoms with van der Waals surface area (Å²) in [4.78, 5) is 18.0. The highest BCUT2D eigenvalue weighted by molar-refractivity contribution is 6.34. The molecule has 0 amide bonds. The smallest absolute Gasteiger partial charge is 0.405 e. The third-order valence-corrected chi connectivity index (χ3v) is 3.87. The molecule has 3 rings (SSSR count). The summed E-state index contributed by atoms with van der Waals surface area (Å²) in [6, 6.07) is 18.8. The minimum Gasteiger partial charge on any atom is -0.458 e. The molecule has 5 heteroatoms. The molecule has 1 aliphatic heterocycles. The van der Waals surface area contributed by atoms with Gasteiger partial charge in [0.15, 0.2) is 0 Å². The topological polar surface area (TPSA) is 61.6 Å². The van der Waals surface area contributed by atoms with Gasteiger partial charge in [0, 0.05) is 0 Å². The molecule has 2 aromatic carbocycles. The van der Waals surface area contributed by atoms with E-state index in [-0.39, 0.29) is 23.6 Å². The number of carbonyl (C=O) groups excluding carboxylic acids is 1. The fourth-order valence-corrected chi connectivity index (χ4v) is 2.78. The Morgan fingerprint density at radius 3 is 2.13 bits per heavy atom. The number of hydrogen-bond acceptors (Lipinski definition) is 4. The van der Waals surface area contributed by atoms with E-state index in [9.17, 15) is 10.0 Å². The van der Waals surface area contributed by atoms with Crippen molar-refractivity contribution in [3.63, 3.8) is 0 Å². The van der Waals surface area contributed by atoms with E-state index in [1.54, 1.807) is 6.92 Å². The average molecular weight is 311 g/mol. The maximum absolute atomic E-state index is 12.2. The molecule has 0 spiro atoms. The third kappa shape index (κ3) is 2.65. The van der Waals surface area contributed by atoms with Gasteiger partial charge < -0.3 is 9.57 Å². The summed E-state index contributed by atoms with van der Waals surface area (Å²) in [6.07, 6.45) is 0.128. The molecule has 0 aromatic heterocycles. The molecule has 0 radical (unpaired) electrons. The molecule has 0 fully saturated rings. The zero-order valence-corrected chi connectivity index (χ0v) is 12.8. The summed E-state index contributed by atoms with van der Waals surface area (Å²) in [6.45, 7) is 1.91. The van der Waals surface area contributed by atoms with Crippen molar-refractivity contribution in [3.05, 3.63) is 77.0 Å². The molecule has 118 valence electrons. The lowest BCUT2D eigenvalue weighted by Crippen LogP contribution is -2.30. The van der Waals surface area contributed by atoms with Crippen LogP contribution in [0.5, 0.6) is 0 Å². The zero-order valence-electron chi connectivity index (χ0n) is 12.8. The Bertz CT molecular complexity index is 686. The first-order valence-corrected chi connectivity index (χ1v) is 7.48. The first-order valence-electron chi connectivity index (χ1n) is 7.48. The number of carbonyl (C=O) groups is 1. The van der Waals surface area contributed by atoms with E-state index in [0.29, 0.717) is 0 Å². The Hall–Kier alpha value is -2.82. The molecule has 0 N–H and O–H groups in total. The van der Waals surface area contributed by atoms with Crippen LogP contribution in [0.3, 0.4) is 0 Å².